The van der Waals surface area contributed by atoms with Crippen LogP contribution in [0.1, 0.15) is 36.5 Å². The average Bonchev–Trinajstić information content (AvgIpc) is 2.34. The lowest BCUT2D eigenvalue weighted by atomic mass is 9.96. The first-order chi connectivity index (χ1) is 8.56. The van der Waals surface area contributed by atoms with Crippen molar-refractivity contribution < 1.29 is 10.2 Å². The van der Waals surface area contributed by atoms with Crippen LogP contribution in [-0.2, 0) is 6.42 Å². The molecular weight excluding hydrogens is 224 g/mol. The monoisotopic (exact) mass is 242 g/mol. The van der Waals surface area contributed by atoms with Crippen LogP contribution in [0.5, 0.6) is 11.5 Å². The summed E-state index contributed by atoms with van der Waals surface area (Å²) in [6.45, 7) is 4.14. The summed E-state index contributed by atoms with van der Waals surface area (Å²) in [5, 5.41) is 19.0. The maximum atomic E-state index is 9.77. The summed E-state index contributed by atoms with van der Waals surface area (Å²) in [6, 6.07) is 13.0. The normalized spacial score (nSPS) is 10.8. The molecule has 18 heavy (non-hydrogen) atoms. The molecule has 0 atom stereocenters. The quantitative estimate of drug-likeness (QED) is 0.859. The third-order valence-corrected chi connectivity index (χ3v) is 3.06. The summed E-state index contributed by atoms with van der Waals surface area (Å²) in [7, 11) is 0. The van der Waals surface area contributed by atoms with E-state index in [4.69, 9.17) is 0 Å². The van der Waals surface area contributed by atoms with Gasteiger partial charge in [-0.05, 0) is 47.2 Å². The zero-order valence-corrected chi connectivity index (χ0v) is 10.7. The summed E-state index contributed by atoms with van der Waals surface area (Å²) < 4.78 is 0. The molecule has 0 aliphatic rings. The highest BCUT2D eigenvalue weighted by molar-refractivity contribution is 5.40. The Morgan fingerprint density at radius 1 is 0.889 bits per heavy atom. The van der Waals surface area contributed by atoms with Gasteiger partial charge < -0.3 is 10.2 Å². The molecule has 2 N–H and O–H groups in total. The minimum absolute atomic E-state index is 0.285. The van der Waals surface area contributed by atoms with Gasteiger partial charge in [-0.15, -0.1) is 0 Å². The Balaban J connectivity index is 2.24. The molecule has 2 heteroatoms. The molecule has 0 saturated carbocycles. The van der Waals surface area contributed by atoms with Gasteiger partial charge in [0.15, 0.2) is 0 Å². The average molecular weight is 242 g/mol. The van der Waals surface area contributed by atoms with Crippen molar-refractivity contribution in [1.82, 2.24) is 0 Å². The molecule has 0 aliphatic carbocycles. The molecule has 0 bridgehead atoms. The van der Waals surface area contributed by atoms with Crippen molar-refractivity contribution in [2.24, 2.45) is 0 Å². The third-order valence-electron chi connectivity index (χ3n) is 3.06. The van der Waals surface area contributed by atoms with Crippen LogP contribution in [0, 0.1) is 0 Å². The molecule has 0 amide bonds. The molecule has 0 heterocycles. The number of aromatic hydroxyl groups is 2. The fourth-order valence-electron chi connectivity index (χ4n) is 2.03. The van der Waals surface area contributed by atoms with Crippen LogP contribution in [0.25, 0.3) is 0 Å². The number of phenolic OH excluding ortho intramolecular Hbond substituents is 2. The van der Waals surface area contributed by atoms with Gasteiger partial charge in [0.05, 0.1) is 0 Å². The first kappa shape index (κ1) is 12.5. The molecule has 0 spiro atoms. The Kier molecular flexibility index (Phi) is 3.56. The fourth-order valence-corrected chi connectivity index (χ4v) is 2.03. The molecule has 0 fully saturated rings. The van der Waals surface area contributed by atoms with Crippen molar-refractivity contribution in [3.63, 3.8) is 0 Å². The number of hydrogen-bond donors (Lipinski definition) is 2. The van der Waals surface area contributed by atoms with Crippen LogP contribution in [-0.4, -0.2) is 10.2 Å². The van der Waals surface area contributed by atoms with Gasteiger partial charge >= 0.3 is 0 Å². The zero-order valence-electron chi connectivity index (χ0n) is 10.7. The topological polar surface area (TPSA) is 40.5 Å². The van der Waals surface area contributed by atoms with Gasteiger partial charge in [-0.1, -0.05) is 38.1 Å². The smallest absolute Gasteiger partial charge is 0.119 e. The largest absolute Gasteiger partial charge is 0.508 e. The molecule has 2 nitrogen and oxygen atoms in total. The summed E-state index contributed by atoms with van der Waals surface area (Å²) >= 11 is 0. The lowest BCUT2D eigenvalue weighted by molar-refractivity contribution is 0.464. The van der Waals surface area contributed by atoms with Gasteiger partial charge in [0.1, 0.15) is 11.5 Å². The predicted octanol–water partition coefficient (Wildman–Crippen LogP) is 3.81. The van der Waals surface area contributed by atoms with Crippen LogP contribution in [0.2, 0.25) is 0 Å². The molecular formula is C16H18O2. The minimum Gasteiger partial charge on any atom is -0.508 e. The van der Waals surface area contributed by atoms with E-state index in [0.29, 0.717) is 11.7 Å². The number of rotatable bonds is 3. The highest BCUT2D eigenvalue weighted by Gasteiger charge is 2.07. The SMILES string of the molecule is CC(C)c1cc(Cc2ccc(O)cc2)ccc1O. The van der Waals surface area contributed by atoms with Gasteiger partial charge in [0, 0.05) is 0 Å². The van der Waals surface area contributed by atoms with E-state index < -0.39 is 0 Å². The van der Waals surface area contributed by atoms with E-state index in [2.05, 4.69) is 13.8 Å². The van der Waals surface area contributed by atoms with Crippen molar-refractivity contribution in [2.45, 2.75) is 26.2 Å². The summed E-state index contributed by atoms with van der Waals surface area (Å²) in [5.41, 5.74) is 3.29. The minimum atomic E-state index is 0.285. The van der Waals surface area contributed by atoms with Crippen LogP contribution in [0.3, 0.4) is 0 Å². The Morgan fingerprint density at radius 3 is 2.11 bits per heavy atom. The number of hydrogen-bond acceptors (Lipinski definition) is 2. The highest BCUT2D eigenvalue weighted by Crippen LogP contribution is 2.27. The number of benzene rings is 2. The lowest BCUT2D eigenvalue weighted by Crippen LogP contribution is -1.93. The molecule has 2 aromatic carbocycles. The molecule has 2 rings (SSSR count). The Bertz CT molecular complexity index is 527. The Morgan fingerprint density at radius 2 is 1.50 bits per heavy atom. The first-order valence-electron chi connectivity index (χ1n) is 6.16. The molecule has 94 valence electrons. The van der Waals surface area contributed by atoms with Crippen molar-refractivity contribution in [1.29, 1.82) is 0 Å². The van der Waals surface area contributed by atoms with E-state index in [0.717, 1.165) is 17.5 Å². The van der Waals surface area contributed by atoms with Crippen molar-refractivity contribution in [2.75, 3.05) is 0 Å². The van der Waals surface area contributed by atoms with E-state index in [9.17, 15) is 10.2 Å². The predicted molar refractivity (Wildman–Crippen MR) is 73.1 cm³/mol. The second kappa shape index (κ2) is 5.13. The van der Waals surface area contributed by atoms with Crippen molar-refractivity contribution in [3.05, 3.63) is 59.2 Å². The Labute approximate surface area is 108 Å². The van der Waals surface area contributed by atoms with Crippen LogP contribution < -0.4 is 0 Å². The van der Waals surface area contributed by atoms with E-state index in [1.54, 1.807) is 18.2 Å². The molecule has 0 aliphatic heterocycles. The van der Waals surface area contributed by atoms with Crippen LogP contribution in [0.4, 0.5) is 0 Å². The van der Waals surface area contributed by atoms with E-state index >= 15 is 0 Å². The van der Waals surface area contributed by atoms with Crippen molar-refractivity contribution >= 4 is 0 Å². The molecule has 0 saturated heterocycles. The molecule has 0 radical (unpaired) electrons. The first-order valence-corrected chi connectivity index (χ1v) is 6.16. The second-order valence-corrected chi connectivity index (χ2v) is 4.89. The van der Waals surface area contributed by atoms with Gasteiger partial charge in [-0.3, -0.25) is 0 Å². The number of phenols is 2. The van der Waals surface area contributed by atoms with Gasteiger partial charge in [0.25, 0.3) is 0 Å². The summed E-state index contributed by atoms with van der Waals surface area (Å²) in [6.07, 6.45) is 0.806. The molecule has 2 aromatic rings. The van der Waals surface area contributed by atoms with Gasteiger partial charge in [-0.2, -0.15) is 0 Å². The fraction of sp³-hybridized carbons (Fsp3) is 0.250. The lowest BCUT2D eigenvalue weighted by Gasteiger charge is -2.11. The standard InChI is InChI=1S/C16H18O2/c1-11(2)15-10-13(5-8-16(15)18)9-12-3-6-14(17)7-4-12/h3-8,10-11,17-18H,9H2,1-2H3. The molecule has 0 aromatic heterocycles. The highest BCUT2D eigenvalue weighted by atomic mass is 16.3. The molecule has 0 unspecified atom stereocenters. The summed E-state index contributed by atoms with van der Waals surface area (Å²) in [4.78, 5) is 0. The van der Waals surface area contributed by atoms with Crippen LogP contribution in [0.15, 0.2) is 42.5 Å². The van der Waals surface area contributed by atoms with Gasteiger partial charge in [0.2, 0.25) is 0 Å². The van der Waals surface area contributed by atoms with Crippen LogP contribution >= 0.6 is 0 Å². The van der Waals surface area contributed by atoms with Crippen molar-refractivity contribution in [3.8, 4) is 11.5 Å². The second-order valence-electron chi connectivity index (χ2n) is 4.89. The third kappa shape index (κ3) is 2.83. The van der Waals surface area contributed by atoms with E-state index in [-0.39, 0.29) is 5.75 Å². The Hall–Kier alpha value is -1.96. The van der Waals surface area contributed by atoms with E-state index in [1.165, 1.54) is 5.56 Å². The summed E-state index contributed by atoms with van der Waals surface area (Å²) in [5.74, 6) is 0.955. The van der Waals surface area contributed by atoms with E-state index in [1.807, 2.05) is 24.3 Å². The zero-order chi connectivity index (χ0) is 13.1. The maximum absolute atomic E-state index is 9.77. The van der Waals surface area contributed by atoms with Gasteiger partial charge in [-0.25, -0.2) is 0 Å². The maximum Gasteiger partial charge on any atom is 0.119 e.